The molecule has 2 rings (SSSR count). The van der Waals surface area contributed by atoms with Crippen LogP contribution in [0.4, 0.5) is 0 Å². The van der Waals surface area contributed by atoms with Crippen LogP contribution in [0, 0.1) is 5.92 Å². The molecule has 1 saturated heterocycles. The van der Waals surface area contributed by atoms with Gasteiger partial charge in [-0.2, -0.15) is 0 Å². The summed E-state index contributed by atoms with van der Waals surface area (Å²) < 4.78 is 10.5. The Hall–Kier alpha value is -1.88. The minimum absolute atomic E-state index is 0.0461. The maximum Gasteiger partial charge on any atom is 0.310 e. The summed E-state index contributed by atoms with van der Waals surface area (Å²) in [6, 6.07) is 9.74. The SMILES string of the molecule is CCOC(=O)C1CCCN(C(=O)COCc2ccccc2)C1. The predicted molar refractivity (Wildman–Crippen MR) is 82.0 cm³/mol. The number of amides is 1. The first-order valence-electron chi connectivity index (χ1n) is 7.76. The third kappa shape index (κ3) is 4.84. The molecule has 0 aromatic heterocycles. The van der Waals surface area contributed by atoms with Crippen molar-refractivity contribution in [3.05, 3.63) is 35.9 Å². The summed E-state index contributed by atoms with van der Waals surface area (Å²) in [4.78, 5) is 25.6. The molecule has 1 aliphatic heterocycles. The summed E-state index contributed by atoms with van der Waals surface area (Å²) in [5, 5.41) is 0. The maximum atomic E-state index is 12.2. The van der Waals surface area contributed by atoms with Gasteiger partial charge in [-0.25, -0.2) is 0 Å². The first-order chi connectivity index (χ1) is 10.7. The highest BCUT2D eigenvalue weighted by atomic mass is 16.5. The molecule has 120 valence electrons. The number of piperidine rings is 1. The van der Waals surface area contributed by atoms with Crippen LogP contribution in [0.2, 0.25) is 0 Å². The van der Waals surface area contributed by atoms with E-state index in [1.165, 1.54) is 0 Å². The van der Waals surface area contributed by atoms with Crippen LogP contribution in [-0.2, 0) is 25.7 Å². The lowest BCUT2D eigenvalue weighted by Gasteiger charge is -2.31. The Morgan fingerprint density at radius 1 is 1.27 bits per heavy atom. The summed E-state index contributed by atoms with van der Waals surface area (Å²) >= 11 is 0. The van der Waals surface area contributed by atoms with Gasteiger partial charge >= 0.3 is 5.97 Å². The van der Waals surface area contributed by atoms with Crippen LogP contribution in [0.15, 0.2) is 30.3 Å². The van der Waals surface area contributed by atoms with Crippen LogP contribution >= 0.6 is 0 Å². The average Bonchev–Trinajstić information content (AvgIpc) is 2.56. The van der Waals surface area contributed by atoms with Crippen molar-refractivity contribution in [2.24, 2.45) is 5.92 Å². The molecule has 1 aromatic rings. The Morgan fingerprint density at radius 2 is 2.05 bits per heavy atom. The topological polar surface area (TPSA) is 55.8 Å². The Kier molecular flexibility index (Phi) is 6.40. The lowest BCUT2D eigenvalue weighted by molar-refractivity contribution is -0.152. The van der Waals surface area contributed by atoms with Crippen molar-refractivity contribution in [1.82, 2.24) is 4.90 Å². The number of hydrogen-bond donors (Lipinski definition) is 0. The molecule has 1 heterocycles. The minimum Gasteiger partial charge on any atom is -0.466 e. The van der Waals surface area contributed by atoms with Crippen molar-refractivity contribution in [3.8, 4) is 0 Å². The van der Waals surface area contributed by atoms with E-state index in [1.807, 2.05) is 30.3 Å². The van der Waals surface area contributed by atoms with Crippen molar-refractivity contribution in [3.63, 3.8) is 0 Å². The van der Waals surface area contributed by atoms with Crippen LogP contribution in [0.5, 0.6) is 0 Å². The lowest BCUT2D eigenvalue weighted by atomic mass is 9.98. The average molecular weight is 305 g/mol. The largest absolute Gasteiger partial charge is 0.466 e. The summed E-state index contributed by atoms with van der Waals surface area (Å²) in [5.74, 6) is -0.470. The van der Waals surface area contributed by atoms with Gasteiger partial charge in [-0.05, 0) is 25.3 Å². The van der Waals surface area contributed by atoms with Gasteiger partial charge in [0.1, 0.15) is 6.61 Å². The van der Waals surface area contributed by atoms with Gasteiger partial charge in [-0.1, -0.05) is 30.3 Å². The molecule has 0 N–H and O–H groups in total. The Morgan fingerprint density at radius 3 is 2.77 bits per heavy atom. The number of esters is 1. The van der Waals surface area contributed by atoms with E-state index in [0.29, 0.717) is 26.3 Å². The van der Waals surface area contributed by atoms with Gasteiger partial charge in [0.25, 0.3) is 0 Å². The number of benzene rings is 1. The maximum absolute atomic E-state index is 12.2. The van der Waals surface area contributed by atoms with Gasteiger partial charge in [0.05, 0.1) is 19.1 Å². The Balaban J connectivity index is 1.75. The molecule has 1 fully saturated rings. The molecule has 5 nitrogen and oxygen atoms in total. The molecule has 5 heteroatoms. The molecule has 1 aromatic carbocycles. The highest BCUT2D eigenvalue weighted by Crippen LogP contribution is 2.18. The van der Waals surface area contributed by atoms with E-state index < -0.39 is 0 Å². The molecule has 1 atom stereocenters. The first kappa shape index (κ1) is 16.5. The third-order valence-electron chi connectivity index (χ3n) is 3.73. The highest BCUT2D eigenvalue weighted by Gasteiger charge is 2.29. The van der Waals surface area contributed by atoms with E-state index in [1.54, 1.807) is 11.8 Å². The molecule has 0 spiro atoms. The standard InChI is InChI=1S/C17H23NO4/c1-2-22-17(20)15-9-6-10-18(11-15)16(19)13-21-12-14-7-4-3-5-8-14/h3-5,7-8,15H,2,6,9-13H2,1H3. The molecular weight excluding hydrogens is 282 g/mol. The number of hydrogen-bond acceptors (Lipinski definition) is 4. The van der Waals surface area contributed by atoms with E-state index in [-0.39, 0.29) is 24.4 Å². The fourth-order valence-corrected chi connectivity index (χ4v) is 2.58. The summed E-state index contributed by atoms with van der Waals surface area (Å²) in [6.07, 6.45) is 1.61. The van der Waals surface area contributed by atoms with E-state index in [0.717, 1.165) is 18.4 Å². The molecular formula is C17H23NO4. The van der Waals surface area contributed by atoms with Crippen molar-refractivity contribution in [2.75, 3.05) is 26.3 Å². The monoisotopic (exact) mass is 305 g/mol. The van der Waals surface area contributed by atoms with Crippen molar-refractivity contribution in [2.45, 2.75) is 26.4 Å². The number of rotatable bonds is 6. The summed E-state index contributed by atoms with van der Waals surface area (Å²) in [6.45, 7) is 3.76. The van der Waals surface area contributed by atoms with E-state index in [9.17, 15) is 9.59 Å². The fourth-order valence-electron chi connectivity index (χ4n) is 2.58. The number of carbonyl (C=O) groups is 2. The van der Waals surface area contributed by atoms with E-state index >= 15 is 0 Å². The van der Waals surface area contributed by atoms with Crippen molar-refractivity contribution >= 4 is 11.9 Å². The van der Waals surface area contributed by atoms with E-state index in [4.69, 9.17) is 9.47 Å². The van der Waals surface area contributed by atoms with Gasteiger partial charge in [-0.15, -0.1) is 0 Å². The molecule has 0 saturated carbocycles. The lowest BCUT2D eigenvalue weighted by Crippen LogP contribution is -2.44. The fraction of sp³-hybridized carbons (Fsp3) is 0.529. The second kappa shape index (κ2) is 8.54. The Bertz CT molecular complexity index is 489. The van der Waals surface area contributed by atoms with Gasteiger partial charge in [-0.3, -0.25) is 9.59 Å². The third-order valence-corrected chi connectivity index (χ3v) is 3.73. The second-order valence-electron chi connectivity index (χ2n) is 5.41. The smallest absolute Gasteiger partial charge is 0.310 e. The molecule has 0 aliphatic carbocycles. The molecule has 1 unspecified atom stereocenters. The molecule has 0 bridgehead atoms. The van der Waals surface area contributed by atoms with Gasteiger partial charge < -0.3 is 14.4 Å². The predicted octanol–water partition coefficient (Wildman–Crippen LogP) is 2.00. The van der Waals surface area contributed by atoms with Crippen LogP contribution in [0.25, 0.3) is 0 Å². The van der Waals surface area contributed by atoms with Crippen LogP contribution < -0.4 is 0 Å². The number of likely N-dealkylation sites (tertiary alicyclic amines) is 1. The van der Waals surface area contributed by atoms with Crippen LogP contribution in [0.1, 0.15) is 25.3 Å². The highest BCUT2D eigenvalue weighted by molar-refractivity contribution is 5.79. The normalized spacial score (nSPS) is 18.0. The number of carbonyl (C=O) groups excluding carboxylic acids is 2. The number of ether oxygens (including phenoxy) is 2. The quantitative estimate of drug-likeness (QED) is 0.754. The van der Waals surface area contributed by atoms with Crippen molar-refractivity contribution < 1.29 is 19.1 Å². The molecule has 0 radical (unpaired) electrons. The van der Waals surface area contributed by atoms with Crippen LogP contribution in [0.3, 0.4) is 0 Å². The zero-order valence-electron chi connectivity index (χ0n) is 13.0. The van der Waals surface area contributed by atoms with Gasteiger partial charge in [0.2, 0.25) is 5.91 Å². The van der Waals surface area contributed by atoms with Crippen LogP contribution in [-0.4, -0.2) is 43.1 Å². The van der Waals surface area contributed by atoms with Gasteiger partial charge in [0.15, 0.2) is 0 Å². The molecule has 1 amide bonds. The second-order valence-corrected chi connectivity index (χ2v) is 5.41. The summed E-state index contributed by atoms with van der Waals surface area (Å²) in [5.41, 5.74) is 1.04. The molecule has 1 aliphatic rings. The zero-order valence-corrected chi connectivity index (χ0v) is 13.0. The molecule has 22 heavy (non-hydrogen) atoms. The zero-order chi connectivity index (χ0) is 15.8. The first-order valence-corrected chi connectivity index (χ1v) is 7.76. The van der Waals surface area contributed by atoms with E-state index in [2.05, 4.69) is 0 Å². The van der Waals surface area contributed by atoms with Gasteiger partial charge in [0, 0.05) is 13.1 Å². The minimum atomic E-state index is -0.204. The summed E-state index contributed by atoms with van der Waals surface area (Å²) in [7, 11) is 0. The number of nitrogens with zero attached hydrogens (tertiary/aromatic N) is 1. The van der Waals surface area contributed by atoms with Crippen molar-refractivity contribution in [1.29, 1.82) is 0 Å². The Labute approximate surface area is 131 Å².